The number of nitrogens with two attached hydrogens (primary N) is 1. The number of hydrogen-bond acceptors (Lipinski definition) is 3. The van der Waals surface area contributed by atoms with Crippen LogP contribution in [0.1, 0.15) is 18.0 Å². The molecular weight excluding hydrogens is 250 g/mol. The van der Waals surface area contributed by atoms with Crippen LogP contribution < -0.4 is 5.73 Å². The van der Waals surface area contributed by atoms with Gasteiger partial charge in [-0.05, 0) is 18.1 Å². The van der Waals surface area contributed by atoms with Crippen LogP contribution in [0, 0.1) is 0 Å². The van der Waals surface area contributed by atoms with E-state index in [1.807, 2.05) is 30.3 Å². The molecule has 0 spiro atoms. The Balaban J connectivity index is 2.03. The van der Waals surface area contributed by atoms with Crippen molar-refractivity contribution in [2.45, 2.75) is 18.9 Å². The predicted molar refractivity (Wildman–Crippen MR) is 70.1 cm³/mol. The van der Waals surface area contributed by atoms with Crippen molar-refractivity contribution in [3.05, 3.63) is 42.1 Å². The summed E-state index contributed by atoms with van der Waals surface area (Å²) < 4.78 is 28.7. The number of aromatic nitrogens is 1. The van der Waals surface area contributed by atoms with Gasteiger partial charge in [-0.3, -0.25) is 4.98 Å². The summed E-state index contributed by atoms with van der Waals surface area (Å²) in [6.07, 6.45) is -0.232. The predicted octanol–water partition coefficient (Wildman–Crippen LogP) is 2.91. The zero-order chi connectivity index (χ0) is 13.7. The molecule has 5 heteroatoms. The Morgan fingerprint density at radius 2 is 2.00 bits per heavy atom. The summed E-state index contributed by atoms with van der Waals surface area (Å²) >= 11 is 0. The fraction of sp³-hybridized carbons (Fsp3) is 0.357. The maximum absolute atomic E-state index is 11.9. The van der Waals surface area contributed by atoms with Crippen LogP contribution in [0.2, 0.25) is 0 Å². The lowest BCUT2D eigenvalue weighted by Gasteiger charge is -2.14. The van der Waals surface area contributed by atoms with Crippen molar-refractivity contribution >= 4 is 10.9 Å². The normalized spacial score (nSPS) is 13.1. The van der Waals surface area contributed by atoms with Crippen LogP contribution in [0.3, 0.4) is 0 Å². The highest BCUT2D eigenvalue weighted by atomic mass is 19.3. The Morgan fingerprint density at radius 3 is 2.79 bits per heavy atom. The number of benzene rings is 1. The van der Waals surface area contributed by atoms with Gasteiger partial charge in [0, 0.05) is 24.2 Å². The lowest BCUT2D eigenvalue weighted by molar-refractivity contribution is 0.0152. The highest BCUT2D eigenvalue weighted by Gasteiger charge is 2.11. The average molecular weight is 266 g/mol. The summed E-state index contributed by atoms with van der Waals surface area (Å²) in [6.45, 7) is -0.324. The van der Waals surface area contributed by atoms with Crippen molar-refractivity contribution < 1.29 is 13.5 Å². The molecule has 1 aromatic heterocycles. The SMILES string of the molecule is NC(CCOCC(F)F)c1cccc2cccnc12. The van der Waals surface area contributed by atoms with Gasteiger partial charge in [0.2, 0.25) is 0 Å². The molecule has 1 heterocycles. The molecule has 0 aliphatic carbocycles. The first kappa shape index (κ1) is 13.8. The average Bonchev–Trinajstić information content (AvgIpc) is 2.42. The van der Waals surface area contributed by atoms with Gasteiger partial charge in [0.15, 0.2) is 0 Å². The lowest BCUT2D eigenvalue weighted by atomic mass is 10.0. The molecule has 0 bridgehead atoms. The molecule has 0 amide bonds. The van der Waals surface area contributed by atoms with Crippen LogP contribution in [0.25, 0.3) is 10.9 Å². The minimum Gasteiger partial charge on any atom is -0.375 e. The molecule has 2 aromatic rings. The van der Waals surface area contributed by atoms with E-state index >= 15 is 0 Å². The molecule has 0 fully saturated rings. The van der Waals surface area contributed by atoms with Gasteiger partial charge >= 0.3 is 0 Å². The number of hydrogen-bond donors (Lipinski definition) is 1. The van der Waals surface area contributed by atoms with Gasteiger partial charge in [0.05, 0.1) is 5.52 Å². The fourth-order valence-electron chi connectivity index (χ4n) is 1.97. The van der Waals surface area contributed by atoms with Crippen molar-refractivity contribution in [3.8, 4) is 0 Å². The van der Waals surface area contributed by atoms with Crippen molar-refractivity contribution in [1.82, 2.24) is 4.98 Å². The molecule has 1 aromatic carbocycles. The Kier molecular flexibility index (Phi) is 4.76. The van der Waals surface area contributed by atoms with E-state index < -0.39 is 13.0 Å². The molecular formula is C14H16F2N2O. The van der Waals surface area contributed by atoms with Gasteiger partial charge in [-0.25, -0.2) is 8.78 Å². The van der Waals surface area contributed by atoms with E-state index in [2.05, 4.69) is 4.98 Å². The molecule has 102 valence electrons. The highest BCUT2D eigenvalue weighted by Crippen LogP contribution is 2.22. The minimum absolute atomic E-state index is 0.217. The number of halogens is 2. The smallest absolute Gasteiger partial charge is 0.261 e. The summed E-state index contributed by atoms with van der Waals surface area (Å²) in [7, 11) is 0. The molecule has 0 aliphatic heterocycles. The first-order chi connectivity index (χ1) is 9.18. The van der Waals surface area contributed by atoms with Crippen LogP contribution in [-0.4, -0.2) is 24.6 Å². The highest BCUT2D eigenvalue weighted by molar-refractivity contribution is 5.81. The van der Waals surface area contributed by atoms with Crippen LogP contribution in [0.4, 0.5) is 8.78 Å². The molecule has 0 saturated heterocycles. The number of alkyl halides is 2. The monoisotopic (exact) mass is 266 g/mol. The Morgan fingerprint density at radius 1 is 1.21 bits per heavy atom. The largest absolute Gasteiger partial charge is 0.375 e. The molecule has 2 N–H and O–H groups in total. The quantitative estimate of drug-likeness (QED) is 0.818. The Bertz CT molecular complexity index is 528. The zero-order valence-corrected chi connectivity index (χ0v) is 10.4. The van der Waals surface area contributed by atoms with E-state index in [-0.39, 0.29) is 12.6 Å². The molecule has 19 heavy (non-hydrogen) atoms. The van der Waals surface area contributed by atoms with Crippen LogP contribution >= 0.6 is 0 Å². The van der Waals surface area contributed by atoms with Gasteiger partial charge in [0.1, 0.15) is 6.61 Å². The van der Waals surface area contributed by atoms with Crippen LogP contribution in [0.5, 0.6) is 0 Å². The van der Waals surface area contributed by atoms with Crippen LogP contribution in [-0.2, 0) is 4.74 Å². The van der Waals surface area contributed by atoms with Crippen molar-refractivity contribution in [2.24, 2.45) is 5.73 Å². The lowest BCUT2D eigenvalue weighted by Crippen LogP contribution is -2.15. The number of para-hydroxylation sites is 1. The van der Waals surface area contributed by atoms with E-state index in [1.165, 1.54) is 0 Å². The van der Waals surface area contributed by atoms with E-state index in [1.54, 1.807) is 6.20 Å². The second-order valence-electron chi connectivity index (χ2n) is 4.28. The van der Waals surface area contributed by atoms with E-state index in [9.17, 15) is 8.78 Å². The Labute approximate surface area is 110 Å². The molecule has 3 nitrogen and oxygen atoms in total. The van der Waals surface area contributed by atoms with Crippen molar-refractivity contribution in [3.63, 3.8) is 0 Å². The first-order valence-electron chi connectivity index (χ1n) is 6.13. The van der Waals surface area contributed by atoms with E-state index in [0.29, 0.717) is 6.42 Å². The van der Waals surface area contributed by atoms with Gasteiger partial charge in [-0.15, -0.1) is 0 Å². The van der Waals surface area contributed by atoms with E-state index in [0.717, 1.165) is 16.5 Å². The van der Waals surface area contributed by atoms with Gasteiger partial charge in [0.25, 0.3) is 6.43 Å². The standard InChI is InChI=1S/C14H16F2N2O/c15-13(16)9-19-8-6-12(17)11-5-1-3-10-4-2-7-18-14(10)11/h1-5,7,12-13H,6,8-9,17H2. The fourth-order valence-corrected chi connectivity index (χ4v) is 1.97. The maximum atomic E-state index is 11.9. The third kappa shape index (κ3) is 3.68. The summed E-state index contributed by atoms with van der Waals surface area (Å²) in [5.41, 5.74) is 7.84. The van der Waals surface area contributed by atoms with Gasteiger partial charge in [-0.1, -0.05) is 24.3 Å². The van der Waals surface area contributed by atoms with Crippen LogP contribution in [0.15, 0.2) is 36.5 Å². The number of fused-ring (bicyclic) bond motifs is 1. The minimum atomic E-state index is -2.43. The Hall–Kier alpha value is -1.59. The third-order valence-electron chi connectivity index (χ3n) is 2.88. The summed E-state index contributed by atoms with van der Waals surface area (Å²) in [5.74, 6) is 0. The molecule has 0 aliphatic rings. The number of nitrogens with zero attached hydrogens (tertiary/aromatic N) is 1. The second-order valence-corrected chi connectivity index (χ2v) is 4.28. The first-order valence-corrected chi connectivity index (χ1v) is 6.13. The van der Waals surface area contributed by atoms with Gasteiger partial charge in [-0.2, -0.15) is 0 Å². The maximum Gasteiger partial charge on any atom is 0.261 e. The summed E-state index contributed by atoms with van der Waals surface area (Å²) in [4.78, 5) is 4.32. The third-order valence-corrected chi connectivity index (χ3v) is 2.88. The number of pyridine rings is 1. The van der Waals surface area contributed by atoms with Crippen molar-refractivity contribution in [1.29, 1.82) is 0 Å². The molecule has 2 rings (SSSR count). The molecule has 0 saturated carbocycles. The molecule has 1 unspecified atom stereocenters. The summed E-state index contributed by atoms with van der Waals surface area (Å²) in [6, 6.07) is 9.35. The van der Waals surface area contributed by atoms with Crippen molar-refractivity contribution in [2.75, 3.05) is 13.2 Å². The molecule has 1 atom stereocenters. The molecule has 0 radical (unpaired) electrons. The second kappa shape index (κ2) is 6.54. The number of rotatable bonds is 6. The summed E-state index contributed by atoms with van der Waals surface area (Å²) in [5, 5.41) is 1.02. The zero-order valence-electron chi connectivity index (χ0n) is 10.4. The topological polar surface area (TPSA) is 48.1 Å². The van der Waals surface area contributed by atoms with E-state index in [4.69, 9.17) is 10.5 Å². The number of ether oxygens (including phenoxy) is 1. The van der Waals surface area contributed by atoms with Gasteiger partial charge < -0.3 is 10.5 Å².